The van der Waals surface area contributed by atoms with Gasteiger partial charge < -0.3 is 10.6 Å². The first-order valence-corrected chi connectivity index (χ1v) is 6.43. The average molecular weight is 216 g/mol. The maximum absolute atomic E-state index is 3.58. The zero-order valence-electron chi connectivity index (χ0n) is 9.92. The third kappa shape index (κ3) is 1.94. The number of rotatable bonds is 3. The largest absolute Gasteiger partial charge is 0.382 e. The first kappa shape index (κ1) is 10.2. The first-order chi connectivity index (χ1) is 7.86. The molecule has 1 fully saturated rings. The van der Waals surface area contributed by atoms with E-state index in [2.05, 4.69) is 35.9 Å². The highest BCUT2D eigenvalue weighted by atomic mass is 14.9. The van der Waals surface area contributed by atoms with Gasteiger partial charge in [0.2, 0.25) is 0 Å². The van der Waals surface area contributed by atoms with Crippen LogP contribution in [-0.4, -0.2) is 13.1 Å². The standard InChI is InChI=1S/C14H20N2/c1-15-14-4-2-3-10-9-12(7-8-13(10)14)16-11-5-6-11/h7-9,11,14-16H,2-6H2,1H3. The topological polar surface area (TPSA) is 24.1 Å². The molecule has 0 spiro atoms. The van der Waals surface area contributed by atoms with Crippen molar-refractivity contribution in [2.24, 2.45) is 0 Å². The molecule has 3 rings (SSSR count). The van der Waals surface area contributed by atoms with Crippen molar-refractivity contribution >= 4 is 5.69 Å². The lowest BCUT2D eigenvalue weighted by Gasteiger charge is -2.25. The third-order valence-electron chi connectivity index (χ3n) is 3.75. The fourth-order valence-corrected chi connectivity index (χ4v) is 2.67. The predicted octanol–water partition coefficient (Wildman–Crippen LogP) is 2.86. The van der Waals surface area contributed by atoms with E-state index >= 15 is 0 Å². The second-order valence-corrected chi connectivity index (χ2v) is 5.07. The van der Waals surface area contributed by atoms with Gasteiger partial charge in [-0.1, -0.05) is 6.07 Å². The number of nitrogens with one attached hydrogen (secondary N) is 2. The molecule has 0 aromatic heterocycles. The summed E-state index contributed by atoms with van der Waals surface area (Å²) in [6.07, 6.45) is 6.52. The van der Waals surface area contributed by atoms with Crippen molar-refractivity contribution in [3.8, 4) is 0 Å². The lowest BCUT2D eigenvalue weighted by molar-refractivity contribution is 0.497. The van der Waals surface area contributed by atoms with Gasteiger partial charge in [0, 0.05) is 17.8 Å². The van der Waals surface area contributed by atoms with Gasteiger partial charge in [0.25, 0.3) is 0 Å². The molecule has 86 valence electrons. The highest BCUT2D eigenvalue weighted by molar-refractivity contribution is 5.51. The van der Waals surface area contributed by atoms with Crippen molar-refractivity contribution < 1.29 is 0 Å². The summed E-state index contributed by atoms with van der Waals surface area (Å²) in [6, 6.07) is 8.23. The molecule has 1 atom stereocenters. The molecule has 2 aliphatic rings. The lowest BCUT2D eigenvalue weighted by Crippen LogP contribution is -2.21. The van der Waals surface area contributed by atoms with Crippen molar-refractivity contribution in [2.45, 2.75) is 44.2 Å². The number of hydrogen-bond acceptors (Lipinski definition) is 2. The van der Waals surface area contributed by atoms with Gasteiger partial charge in [-0.25, -0.2) is 0 Å². The van der Waals surface area contributed by atoms with Crippen molar-refractivity contribution in [3.63, 3.8) is 0 Å². The maximum atomic E-state index is 3.58. The van der Waals surface area contributed by atoms with Crippen LogP contribution in [0.2, 0.25) is 0 Å². The predicted molar refractivity (Wildman–Crippen MR) is 67.8 cm³/mol. The Morgan fingerprint density at radius 2 is 2.06 bits per heavy atom. The van der Waals surface area contributed by atoms with Gasteiger partial charge in [-0.15, -0.1) is 0 Å². The highest BCUT2D eigenvalue weighted by Gasteiger charge is 2.22. The van der Waals surface area contributed by atoms with Crippen molar-refractivity contribution in [3.05, 3.63) is 29.3 Å². The molecule has 0 aliphatic heterocycles. The minimum absolute atomic E-state index is 0.568. The highest BCUT2D eigenvalue weighted by Crippen LogP contribution is 2.32. The van der Waals surface area contributed by atoms with Crippen LogP contribution in [0.25, 0.3) is 0 Å². The summed E-state index contributed by atoms with van der Waals surface area (Å²) in [7, 11) is 2.07. The van der Waals surface area contributed by atoms with Crippen molar-refractivity contribution in [2.75, 3.05) is 12.4 Å². The molecule has 1 aromatic carbocycles. The minimum Gasteiger partial charge on any atom is -0.382 e. The molecule has 0 bridgehead atoms. The van der Waals surface area contributed by atoms with Crippen molar-refractivity contribution in [1.82, 2.24) is 5.32 Å². The average Bonchev–Trinajstić information content (AvgIpc) is 3.12. The van der Waals surface area contributed by atoms with Crippen LogP contribution < -0.4 is 10.6 Å². The Labute approximate surface area is 97.4 Å². The van der Waals surface area contributed by atoms with Gasteiger partial charge in [0.15, 0.2) is 0 Å². The molecular weight excluding hydrogens is 196 g/mol. The fraction of sp³-hybridized carbons (Fsp3) is 0.571. The molecule has 2 nitrogen and oxygen atoms in total. The molecule has 0 heterocycles. The zero-order chi connectivity index (χ0) is 11.0. The maximum Gasteiger partial charge on any atom is 0.0345 e. The van der Waals surface area contributed by atoms with Crippen LogP contribution in [0.15, 0.2) is 18.2 Å². The second-order valence-electron chi connectivity index (χ2n) is 5.07. The zero-order valence-corrected chi connectivity index (χ0v) is 9.92. The smallest absolute Gasteiger partial charge is 0.0345 e. The number of aryl methyl sites for hydroxylation is 1. The van der Waals surface area contributed by atoms with E-state index in [1.165, 1.54) is 48.9 Å². The molecule has 16 heavy (non-hydrogen) atoms. The van der Waals surface area contributed by atoms with E-state index in [1.54, 1.807) is 0 Å². The van der Waals surface area contributed by atoms with Crippen LogP contribution in [0.3, 0.4) is 0 Å². The third-order valence-corrected chi connectivity index (χ3v) is 3.75. The normalized spacial score (nSPS) is 23.9. The van der Waals surface area contributed by atoms with Crippen LogP contribution in [0, 0.1) is 0 Å². The Bertz CT molecular complexity index is 382. The number of anilines is 1. The minimum atomic E-state index is 0.568. The van der Waals surface area contributed by atoms with Gasteiger partial charge >= 0.3 is 0 Å². The molecular formula is C14H20N2. The van der Waals surface area contributed by atoms with Gasteiger partial charge in [0.05, 0.1) is 0 Å². The van der Waals surface area contributed by atoms with E-state index in [-0.39, 0.29) is 0 Å². The Hall–Kier alpha value is -1.02. The van der Waals surface area contributed by atoms with E-state index in [4.69, 9.17) is 0 Å². The van der Waals surface area contributed by atoms with Crippen LogP contribution >= 0.6 is 0 Å². The van der Waals surface area contributed by atoms with Gasteiger partial charge in [0.1, 0.15) is 0 Å². The Balaban J connectivity index is 1.85. The molecule has 2 N–H and O–H groups in total. The van der Waals surface area contributed by atoms with E-state index in [1.807, 2.05) is 0 Å². The van der Waals surface area contributed by atoms with Gasteiger partial charge in [-0.3, -0.25) is 0 Å². The summed E-state index contributed by atoms with van der Waals surface area (Å²) in [5.41, 5.74) is 4.37. The van der Waals surface area contributed by atoms with E-state index in [0.717, 1.165) is 6.04 Å². The van der Waals surface area contributed by atoms with Crippen LogP contribution in [0.4, 0.5) is 5.69 Å². The number of hydrogen-bond donors (Lipinski definition) is 2. The molecule has 1 unspecified atom stereocenters. The van der Waals surface area contributed by atoms with E-state index < -0.39 is 0 Å². The summed E-state index contributed by atoms with van der Waals surface area (Å²) >= 11 is 0. The van der Waals surface area contributed by atoms with Crippen molar-refractivity contribution in [1.29, 1.82) is 0 Å². The molecule has 1 saturated carbocycles. The van der Waals surface area contributed by atoms with Crippen LogP contribution in [0.1, 0.15) is 42.9 Å². The Kier molecular flexibility index (Phi) is 2.60. The molecule has 2 aliphatic carbocycles. The summed E-state index contributed by atoms with van der Waals surface area (Å²) in [4.78, 5) is 0. The lowest BCUT2D eigenvalue weighted by atomic mass is 9.87. The summed E-state index contributed by atoms with van der Waals surface area (Å²) in [5, 5.41) is 6.99. The van der Waals surface area contributed by atoms with E-state index in [9.17, 15) is 0 Å². The molecule has 0 radical (unpaired) electrons. The Morgan fingerprint density at radius 1 is 1.19 bits per heavy atom. The first-order valence-electron chi connectivity index (χ1n) is 6.43. The summed E-state index contributed by atoms with van der Waals surface area (Å²) in [6.45, 7) is 0. The number of fused-ring (bicyclic) bond motifs is 1. The van der Waals surface area contributed by atoms with E-state index in [0.29, 0.717) is 6.04 Å². The Morgan fingerprint density at radius 3 is 2.81 bits per heavy atom. The quantitative estimate of drug-likeness (QED) is 0.812. The monoisotopic (exact) mass is 216 g/mol. The molecule has 1 aromatic rings. The summed E-state index contributed by atoms with van der Waals surface area (Å²) in [5.74, 6) is 0. The van der Waals surface area contributed by atoms with Gasteiger partial charge in [-0.2, -0.15) is 0 Å². The number of benzene rings is 1. The molecule has 2 heteroatoms. The van der Waals surface area contributed by atoms with Crippen LogP contribution in [-0.2, 0) is 6.42 Å². The summed E-state index contributed by atoms with van der Waals surface area (Å²) < 4.78 is 0. The molecule has 0 amide bonds. The second kappa shape index (κ2) is 4.10. The van der Waals surface area contributed by atoms with Gasteiger partial charge in [-0.05, 0) is 62.4 Å². The molecule has 0 saturated heterocycles. The fourth-order valence-electron chi connectivity index (χ4n) is 2.67. The van der Waals surface area contributed by atoms with Crippen LogP contribution in [0.5, 0.6) is 0 Å². The SMILES string of the molecule is CNC1CCCc2cc(NC3CC3)ccc21.